The Balaban J connectivity index is 3.13. The van der Waals surface area contributed by atoms with Gasteiger partial charge in [-0.2, -0.15) is 0 Å². The van der Waals surface area contributed by atoms with Gasteiger partial charge in [-0.05, 0) is 30.2 Å². The van der Waals surface area contributed by atoms with Gasteiger partial charge >= 0.3 is 0 Å². The molecule has 0 aliphatic rings. The molecule has 0 saturated heterocycles. The fourth-order valence-corrected chi connectivity index (χ4v) is 1.07. The molecule has 2 heteroatoms. The van der Waals surface area contributed by atoms with Crippen LogP contribution in [-0.4, -0.2) is 0 Å². The third-order valence-electron chi connectivity index (χ3n) is 1.89. The van der Waals surface area contributed by atoms with Crippen molar-refractivity contribution in [2.45, 2.75) is 13.3 Å². The van der Waals surface area contributed by atoms with Crippen molar-refractivity contribution in [1.29, 1.82) is 0 Å². The molecule has 0 saturated carbocycles. The van der Waals surface area contributed by atoms with E-state index in [1.54, 1.807) is 6.07 Å². The van der Waals surface area contributed by atoms with Gasteiger partial charge in [0.05, 0.1) is 0 Å². The summed E-state index contributed by atoms with van der Waals surface area (Å²) in [6, 6.07) is 5.47. The van der Waals surface area contributed by atoms with Crippen molar-refractivity contribution in [3.05, 3.63) is 30.3 Å². The van der Waals surface area contributed by atoms with Gasteiger partial charge in [-0.3, -0.25) is 0 Å². The van der Waals surface area contributed by atoms with Crippen LogP contribution in [0.15, 0.2) is 24.8 Å². The molecule has 2 nitrogen and oxygen atoms in total. The van der Waals surface area contributed by atoms with E-state index in [0.717, 1.165) is 28.9 Å². The normalized spacial score (nSPS) is 9.75. The first kappa shape index (κ1) is 8.65. The minimum absolute atomic E-state index is 0.730. The summed E-state index contributed by atoms with van der Waals surface area (Å²) >= 11 is 0. The third-order valence-corrected chi connectivity index (χ3v) is 1.89. The van der Waals surface area contributed by atoms with Gasteiger partial charge in [0.2, 0.25) is 0 Å². The zero-order valence-electron chi connectivity index (χ0n) is 7.30. The number of nitrogens with two attached hydrogens (primary N) is 2. The number of hydrogen-bond acceptors (Lipinski definition) is 2. The summed E-state index contributed by atoms with van der Waals surface area (Å²) < 4.78 is 0. The summed E-state index contributed by atoms with van der Waals surface area (Å²) in [5, 5.41) is 0. The average Bonchev–Trinajstić information content (AvgIpc) is 2.08. The van der Waals surface area contributed by atoms with Crippen LogP contribution in [0.1, 0.15) is 18.9 Å². The van der Waals surface area contributed by atoms with Gasteiger partial charge in [0, 0.05) is 16.9 Å². The highest BCUT2D eigenvalue weighted by Crippen LogP contribution is 2.24. The molecule has 0 aliphatic carbocycles. The molecule has 4 N–H and O–H groups in total. The van der Waals surface area contributed by atoms with Gasteiger partial charge in [-0.25, -0.2) is 0 Å². The maximum absolute atomic E-state index is 5.75. The predicted molar refractivity (Wildman–Crippen MR) is 54.6 cm³/mol. The zero-order valence-corrected chi connectivity index (χ0v) is 7.30. The maximum Gasteiger partial charge on any atom is 0.0391 e. The quantitative estimate of drug-likeness (QED) is 0.655. The Hall–Kier alpha value is -1.44. The largest absolute Gasteiger partial charge is 0.399 e. The molecule has 12 heavy (non-hydrogen) atoms. The molecule has 0 amide bonds. The van der Waals surface area contributed by atoms with E-state index in [2.05, 4.69) is 6.58 Å². The fourth-order valence-electron chi connectivity index (χ4n) is 1.07. The number of rotatable bonds is 2. The van der Waals surface area contributed by atoms with Crippen LogP contribution in [0.2, 0.25) is 0 Å². The van der Waals surface area contributed by atoms with E-state index >= 15 is 0 Å². The third kappa shape index (κ3) is 1.59. The molecule has 0 fully saturated rings. The molecular formula is C10H14N2. The first-order chi connectivity index (χ1) is 5.65. The summed E-state index contributed by atoms with van der Waals surface area (Å²) in [5.74, 6) is 0. The highest BCUT2D eigenvalue weighted by Gasteiger charge is 2.01. The number of allylic oxidation sites excluding steroid dienone is 1. The maximum atomic E-state index is 5.75. The molecule has 0 unspecified atom stereocenters. The summed E-state index contributed by atoms with van der Waals surface area (Å²) in [5.41, 5.74) is 14.8. The van der Waals surface area contributed by atoms with E-state index in [4.69, 9.17) is 11.5 Å². The van der Waals surface area contributed by atoms with E-state index in [1.807, 2.05) is 19.1 Å². The van der Waals surface area contributed by atoms with Gasteiger partial charge in [0.25, 0.3) is 0 Å². The predicted octanol–water partition coefficient (Wildman–Crippen LogP) is 2.27. The second-order valence-corrected chi connectivity index (χ2v) is 2.80. The summed E-state index contributed by atoms with van der Waals surface area (Å²) in [6.07, 6.45) is 0.896. The average molecular weight is 162 g/mol. The highest BCUT2D eigenvalue weighted by molar-refractivity contribution is 5.76. The van der Waals surface area contributed by atoms with Crippen molar-refractivity contribution in [1.82, 2.24) is 0 Å². The molecule has 0 atom stereocenters. The van der Waals surface area contributed by atoms with Crippen LogP contribution in [0, 0.1) is 0 Å². The Kier molecular flexibility index (Phi) is 2.38. The van der Waals surface area contributed by atoms with Crippen molar-refractivity contribution in [3.63, 3.8) is 0 Å². The zero-order chi connectivity index (χ0) is 9.14. The molecule has 0 heterocycles. The Morgan fingerprint density at radius 2 is 2.08 bits per heavy atom. The first-order valence-electron chi connectivity index (χ1n) is 3.98. The van der Waals surface area contributed by atoms with Crippen LogP contribution < -0.4 is 11.5 Å². The Bertz CT molecular complexity index is 303. The molecule has 0 bridgehead atoms. The van der Waals surface area contributed by atoms with Crippen LogP contribution in [0.5, 0.6) is 0 Å². The lowest BCUT2D eigenvalue weighted by Gasteiger charge is -2.07. The van der Waals surface area contributed by atoms with Gasteiger partial charge in [0.1, 0.15) is 0 Å². The van der Waals surface area contributed by atoms with E-state index in [1.165, 1.54) is 0 Å². The molecular weight excluding hydrogens is 148 g/mol. The van der Waals surface area contributed by atoms with E-state index < -0.39 is 0 Å². The van der Waals surface area contributed by atoms with Crippen molar-refractivity contribution >= 4 is 16.9 Å². The second kappa shape index (κ2) is 3.30. The van der Waals surface area contributed by atoms with Gasteiger partial charge in [0.15, 0.2) is 0 Å². The number of benzene rings is 1. The van der Waals surface area contributed by atoms with Crippen LogP contribution in [-0.2, 0) is 0 Å². The summed E-state index contributed by atoms with van der Waals surface area (Å²) in [4.78, 5) is 0. The minimum Gasteiger partial charge on any atom is -0.399 e. The summed E-state index contributed by atoms with van der Waals surface area (Å²) in [7, 11) is 0. The molecule has 1 rings (SSSR count). The second-order valence-electron chi connectivity index (χ2n) is 2.80. The first-order valence-corrected chi connectivity index (χ1v) is 3.98. The van der Waals surface area contributed by atoms with Crippen LogP contribution in [0.4, 0.5) is 11.4 Å². The van der Waals surface area contributed by atoms with Crippen LogP contribution in [0.25, 0.3) is 5.57 Å². The Labute approximate surface area is 72.9 Å². The van der Waals surface area contributed by atoms with Crippen LogP contribution >= 0.6 is 0 Å². The van der Waals surface area contributed by atoms with Crippen LogP contribution in [0.3, 0.4) is 0 Å². The van der Waals surface area contributed by atoms with Crippen molar-refractivity contribution in [2.24, 2.45) is 0 Å². The number of hydrogen-bond donors (Lipinski definition) is 2. The van der Waals surface area contributed by atoms with Gasteiger partial charge in [-0.1, -0.05) is 13.5 Å². The topological polar surface area (TPSA) is 52.0 Å². The van der Waals surface area contributed by atoms with Crippen molar-refractivity contribution in [3.8, 4) is 0 Å². The smallest absolute Gasteiger partial charge is 0.0391 e. The lowest BCUT2D eigenvalue weighted by atomic mass is 10.0. The van der Waals surface area contributed by atoms with Gasteiger partial charge < -0.3 is 11.5 Å². The van der Waals surface area contributed by atoms with Crippen molar-refractivity contribution in [2.75, 3.05) is 11.5 Å². The number of anilines is 2. The number of nitrogen functional groups attached to an aromatic ring is 2. The van der Waals surface area contributed by atoms with Gasteiger partial charge in [-0.15, -0.1) is 0 Å². The molecule has 0 spiro atoms. The molecule has 64 valence electrons. The Morgan fingerprint density at radius 3 is 2.67 bits per heavy atom. The lowest BCUT2D eigenvalue weighted by molar-refractivity contribution is 1.25. The minimum atomic E-state index is 0.730. The molecule has 1 aromatic carbocycles. The van der Waals surface area contributed by atoms with E-state index in [0.29, 0.717) is 0 Å². The molecule has 0 radical (unpaired) electrons. The van der Waals surface area contributed by atoms with E-state index in [9.17, 15) is 0 Å². The van der Waals surface area contributed by atoms with Crippen molar-refractivity contribution < 1.29 is 0 Å². The molecule has 0 aromatic heterocycles. The van der Waals surface area contributed by atoms with E-state index in [-0.39, 0.29) is 0 Å². The Morgan fingerprint density at radius 1 is 1.42 bits per heavy atom. The SMILES string of the molecule is C=C(CC)c1cc(N)ccc1N. The molecule has 1 aromatic rings. The standard InChI is InChI=1S/C10H14N2/c1-3-7(2)9-6-8(11)4-5-10(9)12/h4-6H,2-3,11-12H2,1H3. The molecule has 0 aliphatic heterocycles. The highest BCUT2D eigenvalue weighted by atomic mass is 14.6. The summed E-state index contributed by atoms with van der Waals surface area (Å²) in [6.45, 7) is 5.96. The fraction of sp³-hybridized carbons (Fsp3) is 0.200. The lowest BCUT2D eigenvalue weighted by Crippen LogP contribution is -1.94. The monoisotopic (exact) mass is 162 g/mol.